The largest absolute Gasteiger partial charge is 0.336 e. The summed E-state index contributed by atoms with van der Waals surface area (Å²) >= 11 is 0. The lowest BCUT2D eigenvalue weighted by Crippen LogP contribution is -2.28. The average molecular weight is 331 g/mol. The third kappa shape index (κ3) is 3.56. The molecule has 1 aromatic heterocycles. The monoisotopic (exact) mass is 331 g/mol. The Balaban J connectivity index is 1.63. The zero-order valence-electron chi connectivity index (χ0n) is 12.7. The van der Waals surface area contributed by atoms with Gasteiger partial charge in [-0.05, 0) is 24.3 Å². The Kier molecular flexibility index (Phi) is 4.50. The van der Waals surface area contributed by atoms with Crippen molar-refractivity contribution in [1.82, 2.24) is 9.88 Å². The number of amides is 2. The molecule has 2 amide bonds. The quantitative estimate of drug-likeness (QED) is 0.935. The van der Waals surface area contributed by atoms with Crippen LogP contribution in [0.25, 0.3) is 0 Å². The molecule has 1 fully saturated rings. The van der Waals surface area contributed by atoms with E-state index < -0.39 is 23.5 Å². The van der Waals surface area contributed by atoms with Crippen molar-refractivity contribution < 1.29 is 18.4 Å². The zero-order chi connectivity index (χ0) is 17.1. The number of anilines is 1. The second-order valence-corrected chi connectivity index (χ2v) is 5.61. The first-order chi connectivity index (χ1) is 11.5. The molecule has 2 aromatic rings. The van der Waals surface area contributed by atoms with Gasteiger partial charge in [-0.2, -0.15) is 0 Å². The molecule has 1 aromatic carbocycles. The van der Waals surface area contributed by atoms with Gasteiger partial charge in [-0.1, -0.05) is 6.07 Å². The fourth-order valence-corrected chi connectivity index (χ4v) is 2.61. The van der Waals surface area contributed by atoms with Crippen LogP contribution in [0.3, 0.4) is 0 Å². The van der Waals surface area contributed by atoms with Crippen molar-refractivity contribution in [2.45, 2.75) is 13.0 Å². The molecule has 0 bridgehead atoms. The van der Waals surface area contributed by atoms with Crippen molar-refractivity contribution in [3.05, 3.63) is 59.9 Å². The molecule has 0 saturated carbocycles. The molecule has 0 radical (unpaired) electrons. The minimum Gasteiger partial charge on any atom is -0.336 e. The standard InChI is InChI=1S/C17H15F2N3O2/c18-12-4-5-15(14(19)8-12)21-17(24)11-7-16(23)22(9-11)10-13-3-1-2-6-20-13/h1-6,8,11H,7,9-10H2,(H,21,24). The molecule has 124 valence electrons. The van der Waals surface area contributed by atoms with Gasteiger partial charge in [0, 0.05) is 25.2 Å². The van der Waals surface area contributed by atoms with Gasteiger partial charge in [-0.25, -0.2) is 8.78 Å². The van der Waals surface area contributed by atoms with Crippen LogP contribution in [0, 0.1) is 17.6 Å². The number of benzene rings is 1. The van der Waals surface area contributed by atoms with Crippen molar-refractivity contribution in [3.8, 4) is 0 Å². The summed E-state index contributed by atoms with van der Waals surface area (Å²) in [5, 5.41) is 2.41. The number of nitrogens with zero attached hydrogens (tertiary/aromatic N) is 2. The van der Waals surface area contributed by atoms with Gasteiger partial charge in [-0.15, -0.1) is 0 Å². The van der Waals surface area contributed by atoms with Crippen LogP contribution in [0.1, 0.15) is 12.1 Å². The van der Waals surface area contributed by atoms with E-state index in [1.165, 1.54) is 0 Å². The minimum absolute atomic E-state index is 0.0570. The molecule has 5 nitrogen and oxygen atoms in total. The maximum atomic E-state index is 13.6. The summed E-state index contributed by atoms with van der Waals surface area (Å²) in [6.07, 6.45) is 1.69. The van der Waals surface area contributed by atoms with Crippen LogP contribution in [0.15, 0.2) is 42.6 Å². The molecule has 0 aliphatic carbocycles. The molecule has 1 N–H and O–H groups in total. The SMILES string of the molecule is O=C(Nc1ccc(F)cc1F)C1CC(=O)N(Cc2ccccn2)C1. The van der Waals surface area contributed by atoms with E-state index in [-0.39, 0.29) is 24.6 Å². The molecule has 3 rings (SSSR count). The van der Waals surface area contributed by atoms with E-state index >= 15 is 0 Å². The third-order valence-electron chi connectivity index (χ3n) is 3.85. The predicted octanol–water partition coefficient (Wildman–Crippen LogP) is 2.35. The van der Waals surface area contributed by atoms with Crippen LogP contribution in [0.2, 0.25) is 0 Å². The van der Waals surface area contributed by atoms with E-state index in [9.17, 15) is 18.4 Å². The lowest BCUT2D eigenvalue weighted by molar-refractivity contribution is -0.128. The van der Waals surface area contributed by atoms with Crippen molar-refractivity contribution in [1.29, 1.82) is 0 Å². The zero-order valence-corrected chi connectivity index (χ0v) is 12.7. The summed E-state index contributed by atoms with van der Waals surface area (Å²) in [4.78, 5) is 30.0. The Labute approximate surface area is 137 Å². The highest BCUT2D eigenvalue weighted by molar-refractivity contribution is 5.97. The molecule has 7 heteroatoms. The van der Waals surface area contributed by atoms with Crippen LogP contribution in [-0.4, -0.2) is 28.2 Å². The number of hydrogen-bond donors (Lipinski definition) is 1. The van der Waals surface area contributed by atoms with E-state index in [0.29, 0.717) is 12.6 Å². The summed E-state index contributed by atoms with van der Waals surface area (Å²) in [7, 11) is 0. The summed E-state index contributed by atoms with van der Waals surface area (Å²) in [5.74, 6) is -2.76. The van der Waals surface area contributed by atoms with Crippen molar-refractivity contribution in [3.63, 3.8) is 0 Å². The molecular formula is C17H15F2N3O2. The van der Waals surface area contributed by atoms with E-state index in [1.807, 2.05) is 6.07 Å². The Morgan fingerprint density at radius 2 is 2.12 bits per heavy atom. The van der Waals surface area contributed by atoms with Gasteiger partial charge in [-0.3, -0.25) is 14.6 Å². The Morgan fingerprint density at radius 1 is 1.29 bits per heavy atom. The first kappa shape index (κ1) is 16.0. The lowest BCUT2D eigenvalue weighted by atomic mass is 10.1. The van der Waals surface area contributed by atoms with Crippen LogP contribution < -0.4 is 5.32 Å². The maximum absolute atomic E-state index is 13.6. The summed E-state index contributed by atoms with van der Waals surface area (Å²) in [5.41, 5.74) is 0.633. The topological polar surface area (TPSA) is 62.3 Å². The molecule has 1 aliphatic heterocycles. The molecule has 1 aliphatic rings. The molecular weight excluding hydrogens is 316 g/mol. The molecule has 0 spiro atoms. The maximum Gasteiger partial charge on any atom is 0.229 e. The number of nitrogens with one attached hydrogen (secondary N) is 1. The molecule has 24 heavy (non-hydrogen) atoms. The van der Waals surface area contributed by atoms with Crippen LogP contribution >= 0.6 is 0 Å². The normalized spacial score (nSPS) is 17.2. The second-order valence-electron chi connectivity index (χ2n) is 5.61. The van der Waals surface area contributed by atoms with Gasteiger partial charge < -0.3 is 10.2 Å². The highest BCUT2D eigenvalue weighted by Crippen LogP contribution is 2.22. The van der Waals surface area contributed by atoms with Crippen molar-refractivity contribution in [2.24, 2.45) is 5.92 Å². The van der Waals surface area contributed by atoms with Gasteiger partial charge in [0.2, 0.25) is 11.8 Å². The number of hydrogen-bond acceptors (Lipinski definition) is 3. The van der Waals surface area contributed by atoms with E-state index in [2.05, 4.69) is 10.3 Å². The van der Waals surface area contributed by atoms with Gasteiger partial charge in [0.1, 0.15) is 11.6 Å². The van der Waals surface area contributed by atoms with E-state index in [0.717, 1.165) is 17.8 Å². The number of rotatable bonds is 4. The number of carbonyl (C=O) groups is 2. The minimum atomic E-state index is -0.849. The van der Waals surface area contributed by atoms with Gasteiger partial charge in [0.15, 0.2) is 0 Å². The Hall–Kier alpha value is -2.83. The number of carbonyl (C=O) groups excluding carboxylic acids is 2. The highest BCUT2D eigenvalue weighted by Gasteiger charge is 2.34. The number of aromatic nitrogens is 1. The lowest BCUT2D eigenvalue weighted by Gasteiger charge is -2.16. The smallest absolute Gasteiger partial charge is 0.229 e. The Bertz CT molecular complexity index is 768. The van der Waals surface area contributed by atoms with Gasteiger partial charge >= 0.3 is 0 Å². The van der Waals surface area contributed by atoms with E-state index in [4.69, 9.17) is 0 Å². The summed E-state index contributed by atoms with van der Waals surface area (Å²) < 4.78 is 26.5. The van der Waals surface area contributed by atoms with Crippen LogP contribution in [0.4, 0.5) is 14.5 Å². The third-order valence-corrected chi connectivity index (χ3v) is 3.85. The second kappa shape index (κ2) is 6.74. The van der Waals surface area contributed by atoms with Crippen molar-refractivity contribution >= 4 is 17.5 Å². The first-order valence-electron chi connectivity index (χ1n) is 7.46. The molecule has 1 unspecified atom stereocenters. The molecule has 2 heterocycles. The molecule has 1 saturated heterocycles. The fourth-order valence-electron chi connectivity index (χ4n) is 2.61. The van der Waals surface area contributed by atoms with Crippen molar-refractivity contribution in [2.75, 3.05) is 11.9 Å². The first-order valence-corrected chi connectivity index (χ1v) is 7.46. The summed E-state index contributed by atoms with van der Waals surface area (Å²) in [6, 6.07) is 8.32. The van der Waals surface area contributed by atoms with Gasteiger partial charge in [0.05, 0.1) is 23.8 Å². The number of likely N-dealkylation sites (tertiary alicyclic amines) is 1. The predicted molar refractivity (Wildman–Crippen MR) is 82.7 cm³/mol. The average Bonchev–Trinajstić information content (AvgIpc) is 2.92. The molecule has 1 atom stereocenters. The van der Waals surface area contributed by atoms with Crippen LogP contribution in [-0.2, 0) is 16.1 Å². The Morgan fingerprint density at radius 3 is 2.83 bits per heavy atom. The fraction of sp³-hybridized carbons (Fsp3) is 0.235. The van der Waals surface area contributed by atoms with Crippen LogP contribution in [0.5, 0.6) is 0 Å². The number of pyridine rings is 1. The van der Waals surface area contributed by atoms with E-state index in [1.54, 1.807) is 23.2 Å². The highest BCUT2D eigenvalue weighted by atomic mass is 19.1. The summed E-state index contributed by atoms with van der Waals surface area (Å²) in [6.45, 7) is 0.568. The number of halogens is 2. The van der Waals surface area contributed by atoms with Gasteiger partial charge in [0.25, 0.3) is 0 Å².